The summed E-state index contributed by atoms with van der Waals surface area (Å²) < 4.78 is 4.60. The molecule has 0 rings (SSSR count). The van der Waals surface area contributed by atoms with Crippen molar-refractivity contribution in [1.82, 2.24) is 0 Å². The van der Waals surface area contributed by atoms with E-state index in [0.29, 0.717) is 6.61 Å². The van der Waals surface area contributed by atoms with Gasteiger partial charge in [-0.2, -0.15) is 6.42 Å². The summed E-state index contributed by atoms with van der Waals surface area (Å²) in [7, 11) is 0. The van der Waals surface area contributed by atoms with Crippen molar-refractivity contribution in [3.63, 3.8) is 0 Å². The van der Waals surface area contributed by atoms with Gasteiger partial charge in [-0.05, 0) is 6.42 Å². The fraction of sp³-hybridized carbons (Fsp3) is 0.667. The SMILES string of the molecule is [CH2-]CCCOC(C)=O.[Zn+][I]. The van der Waals surface area contributed by atoms with E-state index in [1.54, 1.807) is 0 Å². The van der Waals surface area contributed by atoms with Gasteiger partial charge in [0.2, 0.25) is 0 Å². The molecule has 4 heteroatoms. The van der Waals surface area contributed by atoms with Crippen LogP contribution < -0.4 is 0 Å². The van der Waals surface area contributed by atoms with Gasteiger partial charge < -0.3 is 11.7 Å². The first-order valence-corrected chi connectivity index (χ1v) is 12.0. The summed E-state index contributed by atoms with van der Waals surface area (Å²) in [5.41, 5.74) is 0. The Balaban J connectivity index is 0. The van der Waals surface area contributed by atoms with Crippen molar-refractivity contribution in [1.29, 1.82) is 0 Å². The second-order valence-electron chi connectivity index (χ2n) is 1.55. The van der Waals surface area contributed by atoms with Crippen LogP contribution in [0.25, 0.3) is 0 Å². The van der Waals surface area contributed by atoms with Gasteiger partial charge in [0.25, 0.3) is 0 Å². The summed E-state index contributed by atoms with van der Waals surface area (Å²) in [5.74, 6) is -0.210. The maximum atomic E-state index is 10.1. The van der Waals surface area contributed by atoms with Gasteiger partial charge in [-0.3, -0.25) is 4.79 Å². The molecule has 0 unspecified atom stereocenters. The van der Waals surface area contributed by atoms with E-state index in [1.165, 1.54) is 21.7 Å². The molecule has 0 atom stereocenters. The molecule has 0 aromatic heterocycles. The fourth-order valence-corrected chi connectivity index (χ4v) is 0.318. The molecule has 0 aliphatic rings. The molecule has 0 saturated carbocycles. The van der Waals surface area contributed by atoms with Gasteiger partial charge in [0.15, 0.2) is 0 Å². The van der Waals surface area contributed by atoms with Crippen molar-refractivity contribution in [3.8, 4) is 0 Å². The first kappa shape index (κ1) is 13.4. The standard InChI is InChI=1S/C6H11O2.HI.Zn/c1-3-4-5-8-6(2)7;;/h1,3-5H2,2H3;1H;/q-1;;+2/p-1. The molecule has 0 amide bonds. The molecule has 0 aromatic rings. The monoisotopic (exact) mass is 306 g/mol. The Hall–Kier alpha value is 0.823. The summed E-state index contributed by atoms with van der Waals surface area (Å²) in [6.07, 6.45) is 1.69. The number of carbonyl (C=O) groups is 1. The van der Waals surface area contributed by atoms with E-state index in [2.05, 4.69) is 31.4 Å². The second-order valence-corrected chi connectivity index (χ2v) is 1.55. The quantitative estimate of drug-likeness (QED) is 0.262. The summed E-state index contributed by atoms with van der Waals surface area (Å²) >= 11 is 3.62. The average Bonchev–Trinajstić information content (AvgIpc) is 1.92. The van der Waals surface area contributed by atoms with E-state index < -0.39 is 0 Å². The van der Waals surface area contributed by atoms with Crippen molar-refractivity contribution >= 4 is 25.7 Å². The number of rotatable bonds is 3. The topological polar surface area (TPSA) is 26.3 Å². The molecule has 0 bridgehead atoms. The predicted molar refractivity (Wildman–Crippen MR) is 45.2 cm³/mol. The van der Waals surface area contributed by atoms with Crippen LogP contribution in [0.4, 0.5) is 0 Å². The Labute approximate surface area is 82.9 Å². The second kappa shape index (κ2) is 12.5. The molecule has 0 heterocycles. The first-order valence-electron chi connectivity index (χ1n) is 2.96. The van der Waals surface area contributed by atoms with E-state index >= 15 is 0 Å². The van der Waals surface area contributed by atoms with Crippen molar-refractivity contribution in [2.24, 2.45) is 0 Å². The number of carbonyl (C=O) groups excluding carboxylic acids is 1. The zero-order valence-electron chi connectivity index (χ0n) is 6.23. The molecular weight excluding hydrogens is 296 g/mol. The van der Waals surface area contributed by atoms with E-state index in [9.17, 15) is 4.79 Å². The van der Waals surface area contributed by atoms with Gasteiger partial charge in [-0.1, -0.05) is 0 Å². The summed E-state index contributed by atoms with van der Waals surface area (Å²) in [6.45, 7) is 5.51. The Bertz CT molecular complexity index is 78.1. The van der Waals surface area contributed by atoms with Crippen molar-refractivity contribution in [2.45, 2.75) is 19.8 Å². The molecule has 0 radical (unpaired) electrons. The minimum atomic E-state index is -0.210. The Morgan fingerprint density at radius 3 is 2.50 bits per heavy atom. The number of hydrogen-bond acceptors (Lipinski definition) is 2. The number of esters is 1. The molecule has 2 nitrogen and oxygen atoms in total. The van der Waals surface area contributed by atoms with E-state index in [-0.39, 0.29) is 5.97 Å². The van der Waals surface area contributed by atoms with E-state index in [4.69, 9.17) is 0 Å². The normalized spacial score (nSPS) is 7.70. The van der Waals surface area contributed by atoms with Crippen LogP contribution in [0.5, 0.6) is 0 Å². The zero-order chi connectivity index (χ0) is 8.41. The molecule has 0 saturated heterocycles. The molecular formula is C6H11IO2Zn. The maximum absolute atomic E-state index is 10.1. The number of halogens is 1. The number of hydrogen-bond donors (Lipinski definition) is 0. The summed E-state index contributed by atoms with van der Waals surface area (Å²) in [5, 5.41) is 0. The third-order valence-corrected chi connectivity index (χ3v) is 0.700. The van der Waals surface area contributed by atoms with Crippen LogP contribution in [0.3, 0.4) is 0 Å². The van der Waals surface area contributed by atoms with Gasteiger partial charge in [0, 0.05) is 6.92 Å². The number of ether oxygens (including phenoxy) is 1. The predicted octanol–water partition coefficient (Wildman–Crippen LogP) is 2.05. The Morgan fingerprint density at radius 2 is 2.20 bits per heavy atom. The third-order valence-electron chi connectivity index (χ3n) is 0.700. The van der Waals surface area contributed by atoms with Crippen LogP contribution in [0.2, 0.25) is 0 Å². The molecule has 0 N–H and O–H groups in total. The van der Waals surface area contributed by atoms with Crippen LogP contribution >= 0.6 is 19.8 Å². The minimum absolute atomic E-state index is 0.210. The van der Waals surface area contributed by atoms with Crippen LogP contribution in [0, 0.1) is 6.92 Å². The first-order chi connectivity index (χ1) is 4.77. The van der Waals surface area contributed by atoms with Crippen LogP contribution in [0.15, 0.2) is 0 Å². The average molecular weight is 307 g/mol. The number of unbranched alkanes of at least 4 members (excludes halogenated alkanes) is 1. The van der Waals surface area contributed by atoms with Gasteiger partial charge >= 0.3 is 40.5 Å². The molecule has 0 aliphatic heterocycles. The Kier molecular flexibility index (Phi) is 16.8. The molecule has 0 aromatic carbocycles. The summed E-state index contributed by atoms with van der Waals surface area (Å²) in [6, 6.07) is 0. The van der Waals surface area contributed by atoms with E-state index in [0.717, 1.165) is 12.8 Å². The van der Waals surface area contributed by atoms with Crippen molar-refractivity contribution in [3.05, 3.63) is 6.92 Å². The van der Waals surface area contributed by atoms with Crippen LogP contribution in [0.1, 0.15) is 19.8 Å². The third kappa shape index (κ3) is 15.9. The molecule has 10 heavy (non-hydrogen) atoms. The Morgan fingerprint density at radius 1 is 1.70 bits per heavy atom. The van der Waals surface area contributed by atoms with Gasteiger partial charge in [-0.25, -0.2) is 0 Å². The fourth-order valence-electron chi connectivity index (χ4n) is 0.318. The van der Waals surface area contributed by atoms with Crippen LogP contribution in [-0.4, -0.2) is 12.6 Å². The zero-order valence-corrected chi connectivity index (χ0v) is 11.4. The summed E-state index contributed by atoms with van der Waals surface area (Å²) in [4.78, 5) is 10.1. The molecule has 0 spiro atoms. The molecule has 56 valence electrons. The van der Waals surface area contributed by atoms with Crippen molar-refractivity contribution in [2.75, 3.05) is 6.61 Å². The van der Waals surface area contributed by atoms with Gasteiger partial charge in [0.1, 0.15) is 0 Å². The van der Waals surface area contributed by atoms with Crippen LogP contribution in [-0.2, 0) is 24.3 Å². The molecule has 0 fully saturated rings. The van der Waals surface area contributed by atoms with Gasteiger partial charge in [0.05, 0.1) is 6.61 Å². The van der Waals surface area contributed by atoms with Crippen molar-refractivity contribution < 1.29 is 24.3 Å². The molecule has 0 aliphatic carbocycles. The van der Waals surface area contributed by atoms with E-state index in [1.807, 2.05) is 0 Å². The van der Waals surface area contributed by atoms with Gasteiger partial charge in [-0.15, -0.1) is 0 Å².